The number of aliphatic hydroxyl groups is 1. The maximum Gasteiger partial charge on any atom is 0.0615 e. The van der Waals surface area contributed by atoms with Crippen LogP contribution in [0.2, 0.25) is 0 Å². The molecule has 222 valence electrons. The lowest BCUT2D eigenvalue weighted by Gasteiger charge is -2.35. The molecule has 0 aromatic carbocycles. The van der Waals surface area contributed by atoms with E-state index in [4.69, 9.17) is 0 Å². The van der Waals surface area contributed by atoms with Crippen LogP contribution in [0, 0.1) is 59.2 Å². The van der Waals surface area contributed by atoms with Crippen LogP contribution in [-0.2, 0) is 0 Å². The molecule has 19 atom stereocenters. The second kappa shape index (κ2) is 11.0. The Balaban J connectivity index is 1.37. The van der Waals surface area contributed by atoms with E-state index in [1.165, 1.54) is 38.5 Å². The third kappa shape index (κ3) is 4.51. The zero-order valence-corrected chi connectivity index (χ0v) is 25.9. The second-order valence-corrected chi connectivity index (χ2v) is 15.3. The van der Waals surface area contributed by atoms with Crippen LogP contribution >= 0.6 is 0 Å². The summed E-state index contributed by atoms with van der Waals surface area (Å²) in [6.45, 7) is 21.4. The molecule has 5 N–H and O–H groups in total. The van der Waals surface area contributed by atoms with Gasteiger partial charge in [0.2, 0.25) is 0 Å². The maximum absolute atomic E-state index is 11.7. The molecule has 6 aliphatic rings. The summed E-state index contributed by atoms with van der Waals surface area (Å²) in [5, 5.41) is 28.6. The van der Waals surface area contributed by atoms with Gasteiger partial charge in [0.15, 0.2) is 0 Å². The Morgan fingerprint density at radius 2 is 1.21 bits per heavy atom. The molecular weight excluding hydrogens is 480 g/mol. The molecule has 19 unspecified atom stereocenters. The Morgan fingerprint density at radius 3 is 1.90 bits per heavy atom. The fraction of sp³-hybridized carbons (Fsp3) is 0.941. The first-order valence-electron chi connectivity index (χ1n) is 17.0. The quantitative estimate of drug-likeness (QED) is 0.338. The van der Waals surface area contributed by atoms with Crippen molar-refractivity contribution in [3.63, 3.8) is 0 Å². The molecular formula is C34H60N4O. The maximum atomic E-state index is 11.7. The molecule has 6 rings (SSSR count). The van der Waals surface area contributed by atoms with Gasteiger partial charge in [0, 0.05) is 54.3 Å². The van der Waals surface area contributed by atoms with E-state index in [1.54, 1.807) is 0 Å². The molecule has 1 aliphatic carbocycles. The Kier molecular flexibility index (Phi) is 8.07. The van der Waals surface area contributed by atoms with Gasteiger partial charge < -0.3 is 26.4 Å². The molecule has 1 saturated carbocycles. The van der Waals surface area contributed by atoms with Gasteiger partial charge in [-0.25, -0.2) is 0 Å². The fourth-order valence-corrected chi connectivity index (χ4v) is 11.6. The van der Waals surface area contributed by atoms with Crippen molar-refractivity contribution in [2.45, 2.75) is 141 Å². The molecule has 5 heteroatoms. The summed E-state index contributed by atoms with van der Waals surface area (Å²) in [4.78, 5) is 0. The van der Waals surface area contributed by atoms with E-state index in [-0.39, 0.29) is 6.10 Å². The van der Waals surface area contributed by atoms with Crippen LogP contribution in [0.4, 0.5) is 0 Å². The number of hydrogen-bond acceptors (Lipinski definition) is 5. The first-order valence-corrected chi connectivity index (χ1v) is 17.0. The van der Waals surface area contributed by atoms with Gasteiger partial charge in [0.1, 0.15) is 0 Å². The highest BCUT2D eigenvalue weighted by atomic mass is 16.3. The zero-order valence-electron chi connectivity index (χ0n) is 25.9. The molecule has 5 aliphatic heterocycles. The molecule has 6 fully saturated rings. The van der Waals surface area contributed by atoms with Crippen molar-refractivity contribution < 1.29 is 5.11 Å². The summed E-state index contributed by atoms with van der Waals surface area (Å²) in [5.74, 6) is 5.68. The van der Waals surface area contributed by atoms with Gasteiger partial charge in [-0.2, -0.15) is 0 Å². The highest BCUT2D eigenvalue weighted by Crippen LogP contribution is 2.52. The number of fused-ring (bicyclic) bond motifs is 8. The van der Waals surface area contributed by atoms with Gasteiger partial charge >= 0.3 is 0 Å². The molecule has 5 heterocycles. The van der Waals surface area contributed by atoms with Crippen molar-refractivity contribution in [3.8, 4) is 0 Å². The van der Waals surface area contributed by atoms with Gasteiger partial charge in [0.25, 0.3) is 0 Å². The third-order valence-electron chi connectivity index (χ3n) is 13.9. The van der Waals surface area contributed by atoms with Gasteiger partial charge in [-0.3, -0.25) is 0 Å². The van der Waals surface area contributed by atoms with Crippen LogP contribution < -0.4 is 21.3 Å². The molecule has 0 aromatic heterocycles. The van der Waals surface area contributed by atoms with Crippen molar-refractivity contribution in [2.75, 3.05) is 0 Å². The molecule has 0 amide bonds. The van der Waals surface area contributed by atoms with Crippen molar-refractivity contribution in [1.82, 2.24) is 21.3 Å². The van der Waals surface area contributed by atoms with Crippen molar-refractivity contribution in [3.05, 3.63) is 12.7 Å². The summed E-state index contributed by atoms with van der Waals surface area (Å²) >= 11 is 0. The lowest BCUT2D eigenvalue weighted by Crippen LogP contribution is -2.50. The minimum atomic E-state index is -0.194. The lowest BCUT2D eigenvalue weighted by molar-refractivity contribution is 0.0646. The smallest absolute Gasteiger partial charge is 0.0615 e. The van der Waals surface area contributed by atoms with E-state index < -0.39 is 0 Å². The van der Waals surface area contributed by atoms with Crippen LogP contribution in [0.15, 0.2) is 12.7 Å². The summed E-state index contributed by atoms with van der Waals surface area (Å²) in [5.41, 5.74) is 0. The lowest BCUT2D eigenvalue weighted by atomic mass is 9.75. The van der Waals surface area contributed by atoms with Crippen LogP contribution in [0.25, 0.3) is 0 Å². The van der Waals surface area contributed by atoms with Crippen molar-refractivity contribution in [1.29, 1.82) is 0 Å². The Hall–Kier alpha value is -0.460. The number of hydrogen-bond donors (Lipinski definition) is 5. The molecule has 39 heavy (non-hydrogen) atoms. The number of aliphatic hydroxyl groups excluding tert-OH is 1. The van der Waals surface area contributed by atoms with Gasteiger partial charge in [-0.15, -0.1) is 6.58 Å². The van der Waals surface area contributed by atoms with Gasteiger partial charge in [0.05, 0.1) is 6.10 Å². The summed E-state index contributed by atoms with van der Waals surface area (Å²) in [7, 11) is 0. The van der Waals surface area contributed by atoms with Crippen LogP contribution in [0.1, 0.15) is 87.0 Å². The molecule has 5 nitrogen and oxygen atoms in total. The monoisotopic (exact) mass is 540 g/mol. The third-order valence-corrected chi connectivity index (χ3v) is 13.9. The predicted molar refractivity (Wildman–Crippen MR) is 161 cm³/mol. The first-order chi connectivity index (χ1) is 18.7. The first kappa shape index (κ1) is 28.6. The fourth-order valence-electron chi connectivity index (χ4n) is 11.6. The summed E-state index contributed by atoms with van der Waals surface area (Å²) in [6.07, 6.45) is 9.46. The predicted octanol–water partition coefficient (Wildman–Crippen LogP) is 4.56. The van der Waals surface area contributed by atoms with Gasteiger partial charge in [-0.05, 0) is 78.9 Å². The topological polar surface area (TPSA) is 68.3 Å². The largest absolute Gasteiger partial charge is 0.392 e. The van der Waals surface area contributed by atoms with E-state index in [9.17, 15) is 5.11 Å². The van der Waals surface area contributed by atoms with Crippen LogP contribution in [0.5, 0.6) is 0 Å². The standard InChI is InChI=1S/C34H60N4O/c1-9-12-23-18(6)26-13-24-16(4)21(10-2)28(35-24)14-25-17(5)22(11-3)29(36-25)15-27-19(7)31-33(38-27)30(32(23)37-26)20(8)34(31)39/h10,16-39H,2,9,11-15H2,1,3-8H3. The summed E-state index contributed by atoms with van der Waals surface area (Å²) < 4.78 is 0. The van der Waals surface area contributed by atoms with E-state index in [0.717, 1.165) is 5.92 Å². The highest BCUT2D eigenvalue weighted by Gasteiger charge is 2.61. The Bertz CT molecular complexity index is 881. The Morgan fingerprint density at radius 1 is 0.641 bits per heavy atom. The summed E-state index contributed by atoms with van der Waals surface area (Å²) in [6, 6.07) is 4.14. The normalized spacial score (nSPS) is 58.7. The second-order valence-electron chi connectivity index (χ2n) is 15.3. The molecule has 0 spiro atoms. The van der Waals surface area contributed by atoms with E-state index >= 15 is 0 Å². The minimum Gasteiger partial charge on any atom is -0.392 e. The highest BCUT2D eigenvalue weighted by molar-refractivity contribution is 5.16. The molecule has 0 aromatic rings. The molecule has 8 bridgehead atoms. The van der Waals surface area contributed by atoms with Gasteiger partial charge in [-0.1, -0.05) is 67.4 Å². The molecule has 0 radical (unpaired) electrons. The number of rotatable bonds is 4. The van der Waals surface area contributed by atoms with E-state index in [1.807, 2.05) is 0 Å². The van der Waals surface area contributed by atoms with Crippen molar-refractivity contribution >= 4 is 0 Å². The van der Waals surface area contributed by atoms with Crippen molar-refractivity contribution in [2.24, 2.45) is 59.2 Å². The average molecular weight is 541 g/mol. The SMILES string of the molecule is C=CC1C2CC3NC(CC4NC5C(C4C)C(O)C(C)C5C4NC(CC(N2)C1C)C(C)C4CCC)C(CC)C3C. The van der Waals surface area contributed by atoms with Crippen LogP contribution in [-0.4, -0.2) is 59.5 Å². The minimum absolute atomic E-state index is 0.194. The Labute approximate surface area is 239 Å². The van der Waals surface area contributed by atoms with E-state index in [0.29, 0.717) is 102 Å². The number of nitrogens with one attached hydrogen (secondary N) is 4. The molecule has 5 saturated heterocycles. The zero-order chi connectivity index (χ0) is 27.7. The van der Waals surface area contributed by atoms with Crippen LogP contribution in [0.3, 0.4) is 0 Å². The van der Waals surface area contributed by atoms with E-state index in [2.05, 4.69) is 82.4 Å². The average Bonchev–Trinajstić information content (AvgIpc) is 3.63.